The van der Waals surface area contributed by atoms with Gasteiger partial charge in [-0.15, -0.1) is 0 Å². The van der Waals surface area contributed by atoms with Crippen LogP contribution in [0, 0.1) is 13.8 Å². The Morgan fingerprint density at radius 3 is 2.50 bits per heavy atom. The van der Waals surface area contributed by atoms with Crippen LogP contribution >= 0.6 is 0 Å². The van der Waals surface area contributed by atoms with Gasteiger partial charge in [-0.3, -0.25) is 0 Å². The maximum absolute atomic E-state index is 13.0. The molecule has 3 rings (SSSR count). The molecule has 2 heterocycles. The topological polar surface area (TPSA) is 83.9 Å². The van der Waals surface area contributed by atoms with Crippen LogP contribution in [0.4, 0.5) is 29.5 Å². The Morgan fingerprint density at radius 1 is 1.07 bits per heavy atom. The van der Waals surface area contributed by atoms with E-state index in [0.29, 0.717) is 11.4 Å². The minimum absolute atomic E-state index is 0.0781. The van der Waals surface area contributed by atoms with Crippen LogP contribution in [0.3, 0.4) is 0 Å². The normalized spacial score (nSPS) is 11.2. The van der Waals surface area contributed by atoms with Gasteiger partial charge in [-0.1, -0.05) is 18.2 Å². The Morgan fingerprint density at radius 2 is 1.80 bits per heavy atom. The summed E-state index contributed by atoms with van der Waals surface area (Å²) in [5.41, 5.74) is 2.00. The Hall–Kier alpha value is -3.56. The van der Waals surface area contributed by atoms with E-state index in [4.69, 9.17) is 0 Å². The van der Waals surface area contributed by atoms with Gasteiger partial charge >= 0.3 is 12.2 Å². The largest absolute Gasteiger partial charge is 0.419 e. The number of alkyl halides is 3. The smallest absolute Gasteiger partial charge is 0.368 e. The lowest BCUT2D eigenvalue weighted by molar-refractivity contribution is -0.137. The van der Waals surface area contributed by atoms with Gasteiger partial charge in [-0.2, -0.15) is 18.3 Å². The van der Waals surface area contributed by atoms with E-state index >= 15 is 0 Å². The Bertz CT molecular complexity index is 1020. The number of carbonyl (C=O) groups is 1. The molecule has 0 unspecified atom stereocenters. The highest BCUT2D eigenvalue weighted by molar-refractivity contribution is 5.90. The summed E-state index contributed by atoms with van der Waals surface area (Å²) >= 11 is 0. The van der Waals surface area contributed by atoms with Crippen molar-refractivity contribution in [3.8, 4) is 5.69 Å². The van der Waals surface area contributed by atoms with E-state index in [0.717, 1.165) is 17.4 Å². The van der Waals surface area contributed by atoms with Crippen molar-refractivity contribution in [3.63, 3.8) is 0 Å². The van der Waals surface area contributed by atoms with Gasteiger partial charge < -0.3 is 16.0 Å². The summed E-state index contributed by atoms with van der Waals surface area (Å²) in [4.78, 5) is 15.9. The SMILES string of the molecule is Cc1nn(-c2ccccc2)c(C)c1NC(=O)NCCNc1ncccc1C(F)(F)F. The molecular weight excluding hydrogens is 397 g/mol. The molecule has 10 heteroatoms. The van der Waals surface area contributed by atoms with Crippen molar-refractivity contribution in [1.82, 2.24) is 20.1 Å². The van der Waals surface area contributed by atoms with Crippen molar-refractivity contribution < 1.29 is 18.0 Å². The second-order valence-electron chi connectivity index (χ2n) is 6.50. The molecule has 0 radical (unpaired) electrons. The molecule has 30 heavy (non-hydrogen) atoms. The van der Waals surface area contributed by atoms with E-state index in [1.165, 1.54) is 12.3 Å². The highest BCUT2D eigenvalue weighted by Gasteiger charge is 2.33. The van der Waals surface area contributed by atoms with Gasteiger partial charge in [0, 0.05) is 19.3 Å². The average molecular weight is 418 g/mol. The summed E-state index contributed by atoms with van der Waals surface area (Å²) in [6, 6.07) is 11.2. The minimum Gasteiger partial charge on any atom is -0.368 e. The quantitative estimate of drug-likeness (QED) is 0.526. The number of urea groups is 1. The number of aromatic nitrogens is 3. The van der Waals surface area contributed by atoms with Gasteiger partial charge in [-0.05, 0) is 38.1 Å². The summed E-state index contributed by atoms with van der Waals surface area (Å²) in [5.74, 6) is -0.275. The first-order chi connectivity index (χ1) is 14.3. The summed E-state index contributed by atoms with van der Waals surface area (Å²) in [5, 5.41) is 12.4. The predicted molar refractivity (Wildman–Crippen MR) is 108 cm³/mol. The first-order valence-corrected chi connectivity index (χ1v) is 9.20. The van der Waals surface area contributed by atoms with E-state index in [-0.39, 0.29) is 18.9 Å². The van der Waals surface area contributed by atoms with Gasteiger partial charge in [0.05, 0.1) is 28.3 Å². The molecule has 0 atom stereocenters. The summed E-state index contributed by atoms with van der Waals surface area (Å²) in [7, 11) is 0. The molecule has 0 saturated heterocycles. The summed E-state index contributed by atoms with van der Waals surface area (Å²) < 4.78 is 40.6. The lowest BCUT2D eigenvalue weighted by Crippen LogP contribution is -2.33. The molecule has 0 fully saturated rings. The molecule has 0 bridgehead atoms. The second kappa shape index (κ2) is 8.85. The van der Waals surface area contributed by atoms with Crippen molar-refractivity contribution in [2.45, 2.75) is 20.0 Å². The van der Waals surface area contributed by atoms with Crippen LogP contribution in [0.5, 0.6) is 0 Å². The number of halogens is 3. The number of amides is 2. The van der Waals surface area contributed by atoms with Gasteiger partial charge in [0.25, 0.3) is 0 Å². The third-order valence-corrected chi connectivity index (χ3v) is 4.35. The highest BCUT2D eigenvalue weighted by Crippen LogP contribution is 2.33. The number of hydrogen-bond acceptors (Lipinski definition) is 4. The van der Waals surface area contributed by atoms with E-state index in [2.05, 4.69) is 26.0 Å². The Balaban J connectivity index is 1.56. The fourth-order valence-corrected chi connectivity index (χ4v) is 2.93. The number of hydrogen-bond donors (Lipinski definition) is 3. The van der Waals surface area contributed by atoms with Crippen LogP contribution in [0.15, 0.2) is 48.7 Å². The third kappa shape index (κ3) is 4.88. The number of aryl methyl sites for hydroxylation is 1. The van der Waals surface area contributed by atoms with Crippen LogP contribution in [0.1, 0.15) is 17.0 Å². The van der Waals surface area contributed by atoms with Crippen molar-refractivity contribution in [3.05, 3.63) is 65.6 Å². The van der Waals surface area contributed by atoms with E-state index in [1.54, 1.807) is 11.6 Å². The average Bonchev–Trinajstić information content (AvgIpc) is 3.00. The zero-order valence-corrected chi connectivity index (χ0v) is 16.4. The molecule has 0 spiro atoms. The van der Waals surface area contributed by atoms with E-state index in [1.807, 2.05) is 37.3 Å². The molecule has 0 aliphatic rings. The third-order valence-electron chi connectivity index (χ3n) is 4.35. The van der Waals surface area contributed by atoms with Crippen LogP contribution < -0.4 is 16.0 Å². The maximum Gasteiger partial charge on any atom is 0.419 e. The predicted octanol–water partition coefficient (Wildman–Crippen LogP) is 4.14. The number of carbonyl (C=O) groups excluding carboxylic acids is 1. The van der Waals surface area contributed by atoms with Crippen molar-refractivity contribution in [2.75, 3.05) is 23.7 Å². The lowest BCUT2D eigenvalue weighted by atomic mass is 10.2. The summed E-state index contributed by atoms with van der Waals surface area (Å²) in [6.07, 6.45) is -3.23. The zero-order chi connectivity index (χ0) is 21.7. The standard InChI is InChI=1S/C20H21F3N6O/c1-13-17(14(2)29(28-13)15-7-4-3-5-8-15)27-19(30)26-12-11-25-18-16(20(21,22)23)9-6-10-24-18/h3-10H,11-12H2,1-2H3,(H,24,25)(H2,26,27,30). The molecule has 158 valence electrons. The van der Waals surface area contributed by atoms with Crippen molar-refractivity contribution in [1.29, 1.82) is 0 Å². The Kier molecular flexibility index (Phi) is 6.24. The highest BCUT2D eigenvalue weighted by atomic mass is 19.4. The number of anilines is 2. The van der Waals surface area contributed by atoms with Crippen LogP contribution in [0.2, 0.25) is 0 Å². The molecule has 0 saturated carbocycles. The molecule has 2 amide bonds. The number of para-hydroxylation sites is 1. The summed E-state index contributed by atoms with van der Waals surface area (Å²) in [6.45, 7) is 3.80. The van der Waals surface area contributed by atoms with Crippen LogP contribution in [-0.2, 0) is 6.18 Å². The first kappa shape index (κ1) is 21.2. The molecule has 3 aromatic rings. The maximum atomic E-state index is 13.0. The number of nitrogens with zero attached hydrogens (tertiary/aromatic N) is 3. The molecule has 0 aliphatic carbocycles. The lowest BCUT2D eigenvalue weighted by Gasteiger charge is -2.13. The number of rotatable bonds is 6. The Labute approximate surface area is 171 Å². The number of pyridine rings is 1. The van der Waals surface area contributed by atoms with Crippen molar-refractivity contribution in [2.24, 2.45) is 0 Å². The van der Waals surface area contributed by atoms with Crippen LogP contribution in [0.25, 0.3) is 5.69 Å². The second-order valence-corrected chi connectivity index (χ2v) is 6.50. The fourth-order valence-electron chi connectivity index (χ4n) is 2.93. The first-order valence-electron chi connectivity index (χ1n) is 9.20. The molecular formula is C20H21F3N6O. The molecule has 2 aromatic heterocycles. The molecule has 1 aromatic carbocycles. The molecule has 3 N–H and O–H groups in total. The van der Waals surface area contributed by atoms with Gasteiger partial charge in [0.1, 0.15) is 5.82 Å². The van der Waals surface area contributed by atoms with E-state index < -0.39 is 17.8 Å². The van der Waals surface area contributed by atoms with Gasteiger partial charge in [-0.25, -0.2) is 14.5 Å². The van der Waals surface area contributed by atoms with Crippen molar-refractivity contribution >= 4 is 17.5 Å². The van der Waals surface area contributed by atoms with E-state index in [9.17, 15) is 18.0 Å². The zero-order valence-electron chi connectivity index (χ0n) is 16.4. The minimum atomic E-state index is -4.50. The van der Waals surface area contributed by atoms with Gasteiger partial charge in [0.2, 0.25) is 0 Å². The van der Waals surface area contributed by atoms with Gasteiger partial charge in [0.15, 0.2) is 0 Å². The van der Waals surface area contributed by atoms with Crippen LogP contribution in [-0.4, -0.2) is 33.9 Å². The number of benzene rings is 1. The fraction of sp³-hybridized carbons (Fsp3) is 0.250. The molecule has 7 nitrogen and oxygen atoms in total. The monoisotopic (exact) mass is 418 g/mol. The number of nitrogens with one attached hydrogen (secondary N) is 3. The molecule has 0 aliphatic heterocycles.